The van der Waals surface area contributed by atoms with Gasteiger partial charge in [0.15, 0.2) is 0 Å². The molecule has 0 unspecified atom stereocenters. The van der Waals surface area contributed by atoms with Gasteiger partial charge in [-0.1, -0.05) is 15.9 Å². The average molecular weight is 313 g/mol. The third kappa shape index (κ3) is 2.11. The van der Waals surface area contributed by atoms with Crippen LogP contribution in [0.3, 0.4) is 0 Å². The zero-order valence-electron chi connectivity index (χ0n) is 9.48. The molecule has 6 heteroatoms. The van der Waals surface area contributed by atoms with Crippen molar-refractivity contribution in [1.82, 2.24) is 4.57 Å². The Morgan fingerprint density at radius 3 is 2.89 bits per heavy atom. The van der Waals surface area contributed by atoms with Gasteiger partial charge in [-0.2, -0.15) is 0 Å². The summed E-state index contributed by atoms with van der Waals surface area (Å²) in [5, 5.41) is 0. The highest BCUT2D eigenvalue weighted by Crippen LogP contribution is 2.27. The molecular weight excluding hydrogens is 303 g/mol. The van der Waals surface area contributed by atoms with E-state index in [2.05, 4.69) is 20.7 Å². The van der Waals surface area contributed by atoms with Crippen molar-refractivity contribution in [2.24, 2.45) is 0 Å². The van der Waals surface area contributed by atoms with Crippen molar-refractivity contribution in [3.63, 3.8) is 0 Å². The average Bonchev–Trinajstić information content (AvgIpc) is 2.81. The molecule has 0 aliphatic heterocycles. The Balaban J connectivity index is 2.63. The van der Waals surface area contributed by atoms with Crippen molar-refractivity contribution in [3.8, 4) is 5.69 Å². The summed E-state index contributed by atoms with van der Waals surface area (Å²) in [5.41, 5.74) is 6.32. The van der Waals surface area contributed by atoms with Gasteiger partial charge in [0.25, 0.3) is 0 Å². The minimum atomic E-state index is -0.552. The van der Waals surface area contributed by atoms with Crippen LogP contribution in [0.25, 0.3) is 5.69 Å². The Hall–Kier alpha value is -1.82. The van der Waals surface area contributed by atoms with Gasteiger partial charge in [-0.05, 0) is 24.3 Å². The Kier molecular flexibility index (Phi) is 3.38. The predicted octanol–water partition coefficient (Wildman–Crippen LogP) is 2.75. The second kappa shape index (κ2) is 4.81. The van der Waals surface area contributed by atoms with E-state index in [0.717, 1.165) is 0 Å². The number of carbonyl (C=O) groups excluding carboxylic acids is 1. The molecule has 0 atom stereocenters. The zero-order chi connectivity index (χ0) is 13.3. The largest absolute Gasteiger partial charge is 0.464 e. The molecule has 1 heterocycles. The molecule has 2 rings (SSSR count). The molecule has 0 spiro atoms. The number of esters is 1. The van der Waals surface area contributed by atoms with Crippen LogP contribution in [0.2, 0.25) is 0 Å². The van der Waals surface area contributed by atoms with Gasteiger partial charge in [0.05, 0.1) is 18.5 Å². The van der Waals surface area contributed by atoms with E-state index in [1.807, 2.05) is 0 Å². The summed E-state index contributed by atoms with van der Waals surface area (Å²) in [5.74, 6) is -1.07. The van der Waals surface area contributed by atoms with Crippen molar-refractivity contribution in [2.75, 3.05) is 12.8 Å². The fourth-order valence-corrected chi connectivity index (χ4v) is 2.05. The molecule has 0 bridgehead atoms. The number of ether oxygens (including phenoxy) is 1. The Morgan fingerprint density at radius 1 is 1.50 bits per heavy atom. The first-order valence-corrected chi connectivity index (χ1v) is 5.84. The van der Waals surface area contributed by atoms with E-state index in [-0.39, 0.29) is 11.4 Å². The molecule has 2 N–H and O–H groups in total. The number of aromatic nitrogens is 1. The lowest BCUT2D eigenvalue weighted by Crippen LogP contribution is -2.10. The maximum atomic E-state index is 13.6. The molecule has 0 fully saturated rings. The second-order valence-electron chi connectivity index (χ2n) is 3.58. The van der Waals surface area contributed by atoms with Crippen LogP contribution in [0.4, 0.5) is 10.1 Å². The number of halogens is 2. The van der Waals surface area contributed by atoms with Crippen LogP contribution in [0.5, 0.6) is 0 Å². The molecule has 2 aromatic rings. The molecule has 94 valence electrons. The lowest BCUT2D eigenvalue weighted by molar-refractivity contribution is 0.0591. The molecule has 0 aliphatic carbocycles. The molecule has 0 radical (unpaired) electrons. The van der Waals surface area contributed by atoms with Gasteiger partial charge in [0.2, 0.25) is 0 Å². The van der Waals surface area contributed by atoms with E-state index in [0.29, 0.717) is 10.2 Å². The van der Waals surface area contributed by atoms with Crippen LogP contribution in [0.15, 0.2) is 34.9 Å². The number of hydrogen-bond acceptors (Lipinski definition) is 3. The molecule has 1 aromatic heterocycles. The van der Waals surface area contributed by atoms with Crippen molar-refractivity contribution >= 4 is 27.6 Å². The van der Waals surface area contributed by atoms with Crippen LogP contribution in [-0.2, 0) is 4.74 Å². The lowest BCUT2D eigenvalue weighted by Gasteiger charge is -2.11. The van der Waals surface area contributed by atoms with E-state index in [4.69, 9.17) is 5.73 Å². The number of rotatable bonds is 2. The SMILES string of the molecule is COC(=O)c1cccn1-c1cc(Br)cc(F)c1N. The van der Waals surface area contributed by atoms with E-state index in [1.54, 1.807) is 24.4 Å². The van der Waals surface area contributed by atoms with E-state index in [9.17, 15) is 9.18 Å². The molecule has 18 heavy (non-hydrogen) atoms. The van der Waals surface area contributed by atoms with Gasteiger partial charge in [0.1, 0.15) is 11.5 Å². The molecule has 0 aliphatic rings. The van der Waals surface area contributed by atoms with Crippen LogP contribution in [0.1, 0.15) is 10.5 Å². The van der Waals surface area contributed by atoms with E-state index < -0.39 is 11.8 Å². The van der Waals surface area contributed by atoms with Crippen molar-refractivity contribution in [1.29, 1.82) is 0 Å². The maximum absolute atomic E-state index is 13.6. The fraction of sp³-hybridized carbons (Fsp3) is 0.0833. The number of hydrogen-bond donors (Lipinski definition) is 1. The quantitative estimate of drug-likeness (QED) is 0.685. The number of anilines is 1. The molecule has 0 saturated heterocycles. The first-order valence-electron chi connectivity index (χ1n) is 5.05. The van der Waals surface area contributed by atoms with Gasteiger partial charge in [0, 0.05) is 10.7 Å². The summed E-state index contributed by atoms with van der Waals surface area (Å²) in [4.78, 5) is 11.6. The molecule has 0 saturated carbocycles. The van der Waals surface area contributed by atoms with Gasteiger partial charge in [-0.3, -0.25) is 0 Å². The monoisotopic (exact) mass is 312 g/mol. The number of carbonyl (C=O) groups is 1. The summed E-state index contributed by atoms with van der Waals surface area (Å²) in [6, 6.07) is 6.12. The van der Waals surface area contributed by atoms with Crippen LogP contribution >= 0.6 is 15.9 Å². The fourth-order valence-electron chi connectivity index (χ4n) is 1.63. The van der Waals surface area contributed by atoms with Crippen molar-refractivity contribution < 1.29 is 13.9 Å². The molecule has 4 nitrogen and oxygen atoms in total. The van der Waals surface area contributed by atoms with Crippen LogP contribution in [0, 0.1) is 5.82 Å². The van der Waals surface area contributed by atoms with Gasteiger partial charge in [-0.25, -0.2) is 9.18 Å². The minimum Gasteiger partial charge on any atom is -0.464 e. The molecular formula is C12H10BrFN2O2. The van der Waals surface area contributed by atoms with E-state index in [1.165, 1.54) is 17.7 Å². The van der Waals surface area contributed by atoms with Crippen LogP contribution < -0.4 is 5.73 Å². The lowest BCUT2D eigenvalue weighted by atomic mass is 10.2. The predicted molar refractivity (Wildman–Crippen MR) is 69.2 cm³/mol. The standard InChI is InChI=1S/C12H10BrFN2O2/c1-18-12(17)9-3-2-4-16(9)10-6-7(13)5-8(14)11(10)15/h2-6H,15H2,1H3. The zero-order valence-corrected chi connectivity index (χ0v) is 11.1. The number of benzene rings is 1. The number of methoxy groups -OCH3 is 1. The highest BCUT2D eigenvalue weighted by molar-refractivity contribution is 9.10. The number of nitrogens with two attached hydrogens (primary N) is 1. The Bertz CT molecular complexity index is 610. The number of nitrogens with zero attached hydrogens (tertiary/aromatic N) is 1. The van der Waals surface area contributed by atoms with Crippen molar-refractivity contribution in [3.05, 3.63) is 46.4 Å². The highest BCUT2D eigenvalue weighted by Gasteiger charge is 2.16. The van der Waals surface area contributed by atoms with Gasteiger partial charge >= 0.3 is 5.97 Å². The molecule has 0 amide bonds. The normalized spacial score (nSPS) is 10.4. The van der Waals surface area contributed by atoms with Crippen molar-refractivity contribution in [2.45, 2.75) is 0 Å². The third-order valence-electron chi connectivity index (χ3n) is 2.48. The topological polar surface area (TPSA) is 57.2 Å². The third-order valence-corrected chi connectivity index (χ3v) is 2.93. The number of nitrogen functional groups attached to an aromatic ring is 1. The van der Waals surface area contributed by atoms with Gasteiger partial charge in [-0.15, -0.1) is 0 Å². The first kappa shape index (κ1) is 12.6. The summed E-state index contributed by atoms with van der Waals surface area (Å²) < 4.78 is 20.2. The van der Waals surface area contributed by atoms with Gasteiger partial charge < -0.3 is 15.0 Å². The summed E-state index contributed by atoms with van der Waals surface area (Å²) in [6.07, 6.45) is 1.61. The minimum absolute atomic E-state index is 0.0282. The smallest absolute Gasteiger partial charge is 0.355 e. The summed E-state index contributed by atoms with van der Waals surface area (Å²) in [7, 11) is 1.28. The Morgan fingerprint density at radius 2 is 2.22 bits per heavy atom. The van der Waals surface area contributed by atoms with Crippen LogP contribution in [-0.4, -0.2) is 17.6 Å². The first-order chi connectivity index (χ1) is 8.54. The summed E-state index contributed by atoms with van der Waals surface area (Å²) >= 11 is 3.19. The summed E-state index contributed by atoms with van der Waals surface area (Å²) in [6.45, 7) is 0. The molecule has 1 aromatic carbocycles. The second-order valence-corrected chi connectivity index (χ2v) is 4.49. The Labute approximate surface area is 111 Å². The highest BCUT2D eigenvalue weighted by atomic mass is 79.9. The maximum Gasteiger partial charge on any atom is 0.355 e. The van der Waals surface area contributed by atoms with E-state index >= 15 is 0 Å².